The summed E-state index contributed by atoms with van der Waals surface area (Å²) >= 11 is 0. The Labute approximate surface area is 146 Å². The molecule has 2 aliphatic heterocycles. The van der Waals surface area contributed by atoms with Crippen LogP contribution in [-0.4, -0.2) is 36.5 Å². The van der Waals surface area contributed by atoms with E-state index in [1.165, 1.54) is 0 Å². The molecule has 1 aromatic rings. The van der Waals surface area contributed by atoms with E-state index in [4.69, 9.17) is 18.9 Å². The van der Waals surface area contributed by atoms with Gasteiger partial charge >= 0.3 is 5.97 Å². The van der Waals surface area contributed by atoms with Crippen LogP contribution in [0.4, 0.5) is 0 Å². The van der Waals surface area contributed by atoms with Crippen LogP contribution in [0.25, 0.3) is 5.57 Å². The first-order valence-corrected chi connectivity index (χ1v) is 8.15. The van der Waals surface area contributed by atoms with Crippen molar-refractivity contribution in [2.45, 2.75) is 38.9 Å². The molecule has 25 heavy (non-hydrogen) atoms. The third kappa shape index (κ3) is 2.98. The summed E-state index contributed by atoms with van der Waals surface area (Å²) in [7, 11) is 1.56. The maximum absolute atomic E-state index is 12.0. The zero-order valence-corrected chi connectivity index (χ0v) is 14.8. The number of hydrogen-bond donors (Lipinski definition) is 1. The van der Waals surface area contributed by atoms with E-state index in [1.807, 2.05) is 0 Å². The van der Waals surface area contributed by atoms with Crippen LogP contribution in [0.15, 0.2) is 24.5 Å². The number of fused-ring (bicyclic) bond motifs is 2. The standard InChI is InChI=1S/C19H22O6/c1-6-23-18(20)14-7-10(2)16-13(24-14)9-12-11(17(16)22-5)8-15(25-12)19(3,4)21/h7,9,15,21H,2,6,8H2,1,3-5H3/t15-/m0/s1. The molecule has 2 heterocycles. The summed E-state index contributed by atoms with van der Waals surface area (Å²) in [4.78, 5) is 12.0. The second-order valence-electron chi connectivity index (χ2n) is 6.58. The van der Waals surface area contributed by atoms with Crippen molar-refractivity contribution in [1.29, 1.82) is 0 Å². The Bertz CT molecular complexity index is 769. The molecule has 0 radical (unpaired) electrons. The van der Waals surface area contributed by atoms with Gasteiger partial charge in [0.1, 0.15) is 23.4 Å². The van der Waals surface area contributed by atoms with Gasteiger partial charge in [-0.05, 0) is 32.4 Å². The topological polar surface area (TPSA) is 74.2 Å². The zero-order valence-electron chi connectivity index (χ0n) is 14.8. The first-order chi connectivity index (χ1) is 11.8. The van der Waals surface area contributed by atoms with E-state index in [1.54, 1.807) is 40.0 Å². The van der Waals surface area contributed by atoms with Crippen LogP contribution in [0, 0.1) is 0 Å². The highest BCUT2D eigenvalue weighted by Crippen LogP contribution is 2.49. The molecule has 1 N–H and O–H groups in total. The van der Waals surface area contributed by atoms with Gasteiger partial charge in [0, 0.05) is 18.1 Å². The molecule has 1 aromatic carbocycles. The SMILES string of the molecule is C=C1C=C(C(=O)OCC)Oc2cc3c(c(OC)c21)C[C@@H](C(C)(C)O)O3. The summed E-state index contributed by atoms with van der Waals surface area (Å²) < 4.78 is 22.2. The Morgan fingerprint density at radius 3 is 2.76 bits per heavy atom. The Morgan fingerprint density at radius 2 is 2.16 bits per heavy atom. The first-order valence-electron chi connectivity index (χ1n) is 8.15. The lowest BCUT2D eigenvalue weighted by molar-refractivity contribution is -0.141. The summed E-state index contributed by atoms with van der Waals surface area (Å²) in [5.74, 6) is 1.09. The van der Waals surface area contributed by atoms with Crippen LogP contribution < -0.4 is 14.2 Å². The van der Waals surface area contributed by atoms with E-state index >= 15 is 0 Å². The van der Waals surface area contributed by atoms with Gasteiger partial charge in [0.15, 0.2) is 0 Å². The van der Waals surface area contributed by atoms with Gasteiger partial charge in [-0.1, -0.05) is 6.58 Å². The molecule has 0 amide bonds. The minimum Gasteiger partial charge on any atom is -0.496 e. The molecule has 6 heteroatoms. The second kappa shape index (κ2) is 6.11. The molecule has 1 atom stereocenters. The molecule has 134 valence electrons. The number of ether oxygens (including phenoxy) is 4. The van der Waals surface area contributed by atoms with Gasteiger partial charge in [-0.3, -0.25) is 0 Å². The highest BCUT2D eigenvalue weighted by atomic mass is 16.6. The van der Waals surface area contributed by atoms with Crippen LogP contribution in [0.3, 0.4) is 0 Å². The summed E-state index contributed by atoms with van der Waals surface area (Å²) in [6, 6.07) is 1.70. The molecule has 0 bridgehead atoms. The average Bonchev–Trinajstić information content (AvgIpc) is 2.96. The molecule has 0 spiro atoms. The third-order valence-electron chi connectivity index (χ3n) is 4.28. The molecule has 6 nitrogen and oxygen atoms in total. The normalized spacial score (nSPS) is 18.5. The number of benzene rings is 1. The minimum absolute atomic E-state index is 0.0680. The fourth-order valence-corrected chi connectivity index (χ4v) is 3.02. The van der Waals surface area contributed by atoms with Crippen molar-refractivity contribution < 1.29 is 28.8 Å². The van der Waals surface area contributed by atoms with Gasteiger partial charge < -0.3 is 24.1 Å². The fraction of sp³-hybridized carbons (Fsp3) is 0.421. The highest BCUT2D eigenvalue weighted by Gasteiger charge is 2.39. The number of methoxy groups -OCH3 is 1. The van der Waals surface area contributed by atoms with Gasteiger partial charge in [0.05, 0.1) is 24.9 Å². The highest BCUT2D eigenvalue weighted by molar-refractivity contribution is 5.95. The zero-order chi connectivity index (χ0) is 18.4. The summed E-state index contributed by atoms with van der Waals surface area (Å²) in [5.41, 5.74) is 1.12. The lowest BCUT2D eigenvalue weighted by Gasteiger charge is -2.24. The van der Waals surface area contributed by atoms with Crippen LogP contribution in [-0.2, 0) is 16.0 Å². The van der Waals surface area contributed by atoms with E-state index in [0.717, 1.165) is 5.56 Å². The van der Waals surface area contributed by atoms with Gasteiger partial charge in [-0.25, -0.2) is 4.79 Å². The Balaban J connectivity index is 2.03. The predicted molar refractivity (Wildman–Crippen MR) is 91.8 cm³/mol. The summed E-state index contributed by atoms with van der Waals surface area (Å²) in [5, 5.41) is 10.3. The molecule has 3 rings (SSSR count). The minimum atomic E-state index is -1.00. The first kappa shape index (κ1) is 17.4. The maximum atomic E-state index is 12.0. The van der Waals surface area contributed by atoms with Crippen molar-refractivity contribution in [2.75, 3.05) is 13.7 Å². The molecule has 0 aromatic heterocycles. The number of rotatable bonds is 4. The van der Waals surface area contributed by atoms with Gasteiger partial charge in [-0.15, -0.1) is 0 Å². The smallest absolute Gasteiger partial charge is 0.374 e. The van der Waals surface area contributed by atoms with Gasteiger partial charge in [0.25, 0.3) is 0 Å². The van der Waals surface area contributed by atoms with Crippen molar-refractivity contribution in [1.82, 2.24) is 0 Å². The van der Waals surface area contributed by atoms with E-state index in [2.05, 4.69) is 6.58 Å². The van der Waals surface area contributed by atoms with Crippen LogP contribution in [0.5, 0.6) is 17.2 Å². The van der Waals surface area contributed by atoms with E-state index in [-0.39, 0.29) is 12.4 Å². The molecule has 0 aliphatic carbocycles. The van der Waals surface area contributed by atoms with Crippen LogP contribution in [0.1, 0.15) is 31.9 Å². The third-order valence-corrected chi connectivity index (χ3v) is 4.28. The van der Waals surface area contributed by atoms with Crippen LogP contribution in [0.2, 0.25) is 0 Å². The summed E-state index contributed by atoms with van der Waals surface area (Å²) in [6.45, 7) is 9.40. The molecule has 0 fully saturated rings. The molecule has 0 saturated carbocycles. The van der Waals surface area contributed by atoms with E-state index in [0.29, 0.717) is 34.8 Å². The van der Waals surface area contributed by atoms with Gasteiger partial charge in [0.2, 0.25) is 5.76 Å². The lowest BCUT2D eigenvalue weighted by atomic mass is 9.93. The Hall–Kier alpha value is -2.47. The molecular formula is C19H22O6. The van der Waals surface area contributed by atoms with E-state index in [9.17, 15) is 9.90 Å². The van der Waals surface area contributed by atoms with Gasteiger partial charge in [-0.2, -0.15) is 0 Å². The van der Waals surface area contributed by atoms with Crippen molar-refractivity contribution in [3.8, 4) is 17.2 Å². The largest absolute Gasteiger partial charge is 0.496 e. The molecular weight excluding hydrogens is 324 g/mol. The number of carbonyl (C=O) groups excluding carboxylic acids is 1. The van der Waals surface area contributed by atoms with Crippen molar-refractivity contribution >= 4 is 11.5 Å². The average molecular weight is 346 g/mol. The molecule has 0 unspecified atom stereocenters. The maximum Gasteiger partial charge on any atom is 0.374 e. The number of esters is 1. The Morgan fingerprint density at radius 1 is 1.44 bits per heavy atom. The van der Waals surface area contributed by atoms with E-state index < -0.39 is 17.7 Å². The number of carbonyl (C=O) groups is 1. The van der Waals surface area contributed by atoms with Crippen LogP contribution >= 0.6 is 0 Å². The van der Waals surface area contributed by atoms with Crippen molar-refractivity contribution in [3.63, 3.8) is 0 Å². The monoisotopic (exact) mass is 346 g/mol. The number of allylic oxidation sites excluding steroid dienone is 2. The lowest BCUT2D eigenvalue weighted by Crippen LogP contribution is -2.39. The van der Waals surface area contributed by atoms with Crippen molar-refractivity contribution in [2.24, 2.45) is 0 Å². The molecule has 0 saturated heterocycles. The van der Waals surface area contributed by atoms with Crippen molar-refractivity contribution in [3.05, 3.63) is 35.6 Å². The number of aliphatic hydroxyl groups is 1. The predicted octanol–water partition coefficient (Wildman–Crippen LogP) is 2.62. The Kier molecular flexibility index (Phi) is 4.24. The molecule has 2 aliphatic rings. The summed E-state index contributed by atoms with van der Waals surface area (Å²) in [6.07, 6.45) is 1.65. The number of hydrogen-bond acceptors (Lipinski definition) is 6. The quantitative estimate of drug-likeness (QED) is 0.845. The second-order valence-corrected chi connectivity index (χ2v) is 6.58. The fourth-order valence-electron chi connectivity index (χ4n) is 3.02.